The highest BCUT2D eigenvalue weighted by Gasteiger charge is 2.24. The smallest absolute Gasteiger partial charge is 0.221 e. The molecule has 0 spiro atoms. The van der Waals surface area contributed by atoms with Crippen LogP contribution in [0.15, 0.2) is 24.3 Å². The van der Waals surface area contributed by atoms with E-state index in [2.05, 4.69) is 46.7 Å². The Morgan fingerprint density at radius 1 is 1.24 bits per heavy atom. The molecule has 2 aliphatic rings. The average Bonchev–Trinajstić information content (AvgIpc) is 3.13. The maximum absolute atomic E-state index is 12.2. The first-order chi connectivity index (χ1) is 11.8. The molecular weight excluding hydrogens is 334 g/mol. The molecule has 1 saturated carbocycles. The average molecular weight is 366 g/mol. The molecule has 1 aromatic carbocycles. The number of nitrogens with one attached hydrogen (secondary N) is 2. The van der Waals surface area contributed by atoms with E-state index in [0.29, 0.717) is 18.5 Å². The Bertz CT molecular complexity index is 528. The fraction of sp³-hybridized carbons (Fsp3) is 0.650. The number of amides is 1. The maximum atomic E-state index is 12.2. The van der Waals surface area contributed by atoms with E-state index in [0.717, 1.165) is 45.4 Å². The van der Waals surface area contributed by atoms with Gasteiger partial charge in [0.25, 0.3) is 0 Å². The van der Waals surface area contributed by atoms with Crippen molar-refractivity contribution in [2.45, 2.75) is 57.5 Å². The zero-order valence-electron chi connectivity index (χ0n) is 15.3. The van der Waals surface area contributed by atoms with Crippen molar-refractivity contribution in [2.24, 2.45) is 0 Å². The van der Waals surface area contributed by atoms with E-state index in [1.165, 1.54) is 24.0 Å². The molecule has 1 aromatic rings. The minimum absolute atomic E-state index is 0. The van der Waals surface area contributed by atoms with Crippen LogP contribution in [-0.4, -0.2) is 43.0 Å². The summed E-state index contributed by atoms with van der Waals surface area (Å²) in [5.74, 6) is 0.223. The summed E-state index contributed by atoms with van der Waals surface area (Å²) in [4.78, 5) is 14.7. The third-order valence-corrected chi connectivity index (χ3v) is 5.47. The lowest BCUT2D eigenvalue weighted by molar-refractivity contribution is -0.122. The van der Waals surface area contributed by atoms with E-state index in [1.54, 1.807) is 0 Å². The number of piperazine rings is 1. The number of hydrogen-bond donors (Lipinski definition) is 2. The van der Waals surface area contributed by atoms with Crippen LogP contribution in [0.4, 0.5) is 0 Å². The van der Waals surface area contributed by atoms with Crippen LogP contribution >= 0.6 is 12.4 Å². The van der Waals surface area contributed by atoms with Gasteiger partial charge in [-0.2, -0.15) is 0 Å². The van der Waals surface area contributed by atoms with Crippen molar-refractivity contribution in [3.63, 3.8) is 0 Å². The van der Waals surface area contributed by atoms with Crippen LogP contribution in [0, 0.1) is 0 Å². The van der Waals surface area contributed by atoms with Gasteiger partial charge in [-0.1, -0.05) is 44.0 Å². The van der Waals surface area contributed by atoms with Gasteiger partial charge < -0.3 is 10.6 Å². The first kappa shape index (κ1) is 20.2. The minimum Gasteiger partial charge on any atom is -0.353 e. The summed E-state index contributed by atoms with van der Waals surface area (Å²) in [5, 5.41) is 6.70. The Kier molecular flexibility index (Phi) is 8.20. The van der Waals surface area contributed by atoms with Crippen molar-refractivity contribution in [2.75, 3.05) is 26.2 Å². The fourth-order valence-electron chi connectivity index (χ4n) is 3.93. The molecule has 0 bridgehead atoms. The second-order valence-electron chi connectivity index (χ2n) is 7.15. The second-order valence-corrected chi connectivity index (χ2v) is 7.15. The highest BCUT2D eigenvalue weighted by atomic mass is 35.5. The summed E-state index contributed by atoms with van der Waals surface area (Å²) in [6.07, 6.45) is 6.53. The Morgan fingerprint density at radius 2 is 1.96 bits per heavy atom. The van der Waals surface area contributed by atoms with Crippen molar-refractivity contribution >= 4 is 18.3 Å². The van der Waals surface area contributed by atoms with Crippen LogP contribution in [0.5, 0.6) is 0 Å². The molecule has 3 rings (SSSR count). The van der Waals surface area contributed by atoms with Crippen LogP contribution < -0.4 is 10.6 Å². The zero-order valence-corrected chi connectivity index (χ0v) is 16.1. The molecule has 0 aromatic heterocycles. The lowest BCUT2D eigenvalue weighted by Crippen LogP contribution is -2.47. The lowest BCUT2D eigenvalue weighted by atomic mass is 10.0. The monoisotopic (exact) mass is 365 g/mol. The van der Waals surface area contributed by atoms with Gasteiger partial charge in [0.05, 0.1) is 0 Å². The molecule has 5 heteroatoms. The Labute approximate surface area is 158 Å². The topological polar surface area (TPSA) is 44.4 Å². The molecule has 2 N–H and O–H groups in total. The first-order valence-corrected chi connectivity index (χ1v) is 9.59. The van der Waals surface area contributed by atoms with E-state index >= 15 is 0 Å². The molecular formula is C20H32ClN3O. The van der Waals surface area contributed by atoms with Crippen molar-refractivity contribution in [1.29, 1.82) is 0 Å². The summed E-state index contributed by atoms with van der Waals surface area (Å²) < 4.78 is 0. The first-order valence-electron chi connectivity index (χ1n) is 9.59. The van der Waals surface area contributed by atoms with E-state index in [9.17, 15) is 4.79 Å². The number of nitrogens with zero attached hydrogens (tertiary/aromatic N) is 1. The van der Waals surface area contributed by atoms with Crippen LogP contribution in [-0.2, 0) is 11.2 Å². The standard InChI is InChI=1S/C20H31N3O.ClH/c1-2-16-7-9-17(10-8-16)19-15-21-12-14-23(19)13-11-20(24)22-18-5-3-4-6-18;/h7-10,18-19,21H,2-6,11-15H2,1H3,(H,22,24);1H. The van der Waals surface area contributed by atoms with Gasteiger partial charge in [0.15, 0.2) is 0 Å². The molecule has 1 amide bonds. The Hall–Kier alpha value is -1.10. The number of carbonyl (C=O) groups is 1. The van der Waals surface area contributed by atoms with Crippen molar-refractivity contribution in [3.05, 3.63) is 35.4 Å². The third kappa shape index (κ3) is 5.70. The summed E-state index contributed by atoms with van der Waals surface area (Å²) in [7, 11) is 0. The molecule has 1 aliphatic heterocycles. The number of hydrogen-bond acceptors (Lipinski definition) is 3. The quantitative estimate of drug-likeness (QED) is 0.814. The third-order valence-electron chi connectivity index (χ3n) is 5.47. The Morgan fingerprint density at radius 3 is 2.64 bits per heavy atom. The van der Waals surface area contributed by atoms with Gasteiger partial charge in [-0.05, 0) is 30.4 Å². The molecule has 4 nitrogen and oxygen atoms in total. The van der Waals surface area contributed by atoms with Gasteiger partial charge in [0, 0.05) is 44.7 Å². The summed E-state index contributed by atoms with van der Waals surface area (Å²) in [6, 6.07) is 9.77. The SMILES string of the molecule is CCc1ccc(C2CNCCN2CCC(=O)NC2CCCC2)cc1.Cl. The summed E-state index contributed by atoms with van der Waals surface area (Å²) in [5.41, 5.74) is 2.74. The number of halogens is 1. The number of benzene rings is 1. The highest BCUT2D eigenvalue weighted by Crippen LogP contribution is 2.23. The lowest BCUT2D eigenvalue weighted by Gasteiger charge is -2.36. The molecule has 25 heavy (non-hydrogen) atoms. The minimum atomic E-state index is 0. The molecule has 1 atom stereocenters. The van der Waals surface area contributed by atoms with Gasteiger partial charge in [-0.3, -0.25) is 9.69 Å². The summed E-state index contributed by atoms with van der Waals surface area (Å²) >= 11 is 0. The maximum Gasteiger partial charge on any atom is 0.221 e. The Balaban J connectivity index is 0.00000225. The van der Waals surface area contributed by atoms with Crippen LogP contribution in [0.2, 0.25) is 0 Å². The normalized spacial score (nSPS) is 21.7. The van der Waals surface area contributed by atoms with Crippen LogP contribution in [0.1, 0.15) is 56.2 Å². The fourth-order valence-corrected chi connectivity index (χ4v) is 3.93. The largest absolute Gasteiger partial charge is 0.353 e. The number of aryl methyl sites for hydroxylation is 1. The van der Waals surface area contributed by atoms with Gasteiger partial charge in [-0.25, -0.2) is 0 Å². The molecule has 1 heterocycles. The summed E-state index contributed by atoms with van der Waals surface area (Å²) in [6.45, 7) is 6.02. The van der Waals surface area contributed by atoms with E-state index in [1.807, 2.05) is 0 Å². The van der Waals surface area contributed by atoms with E-state index in [-0.39, 0.29) is 18.3 Å². The van der Waals surface area contributed by atoms with Crippen molar-refractivity contribution in [1.82, 2.24) is 15.5 Å². The number of rotatable bonds is 6. The van der Waals surface area contributed by atoms with E-state index < -0.39 is 0 Å². The second kappa shape index (κ2) is 10.1. The van der Waals surface area contributed by atoms with Gasteiger partial charge in [-0.15, -0.1) is 12.4 Å². The molecule has 140 valence electrons. The van der Waals surface area contributed by atoms with Gasteiger partial charge >= 0.3 is 0 Å². The predicted octanol–water partition coefficient (Wildman–Crippen LogP) is 3.07. The molecule has 1 saturated heterocycles. The number of carbonyl (C=O) groups excluding carboxylic acids is 1. The van der Waals surface area contributed by atoms with E-state index in [4.69, 9.17) is 0 Å². The molecule has 2 fully saturated rings. The highest BCUT2D eigenvalue weighted by molar-refractivity contribution is 5.85. The molecule has 0 radical (unpaired) electrons. The van der Waals surface area contributed by atoms with Gasteiger partial charge in [0.2, 0.25) is 5.91 Å². The van der Waals surface area contributed by atoms with Crippen LogP contribution in [0.3, 0.4) is 0 Å². The molecule has 1 aliphatic carbocycles. The van der Waals surface area contributed by atoms with Crippen LogP contribution in [0.25, 0.3) is 0 Å². The van der Waals surface area contributed by atoms with Crippen molar-refractivity contribution < 1.29 is 4.79 Å². The van der Waals surface area contributed by atoms with Crippen molar-refractivity contribution in [3.8, 4) is 0 Å². The van der Waals surface area contributed by atoms with Gasteiger partial charge in [0.1, 0.15) is 0 Å². The predicted molar refractivity (Wildman–Crippen MR) is 105 cm³/mol. The molecule has 1 unspecified atom stereocenters. The zero-order chi connectivity index (χ0) is 16.8.